The Labute approximate surface area is 180 Å². The molecule has 2 heterocycles. The zero-order chi connectivity index (χ0) is 21.5. The number of aromatic nitrogens is 3. The van der Waals surface area contributed by atoms with E-state index in [0.717, 1.165) is 51.3 Å². The summed E-state index contributed by atoms with van der Waals surface area (Å²) in [5.41, 5.74) is 6.97. The number of hydrogen-bond donors (Lipinski definition) is 1. The Balaban J connectivity index is 1.57. The van der Waals surface area contributed by atoms with E-state index in [4.69, 9.17) is 5.10 Å². The third kappa shape index (κ3) is 3.17. The molecule has 4 aromatic rings. The molecule has 2 aromatic heterocycles. The van der Waals surface area contributed by atoms with Crippen molar-refractivity contribution in [3.05, 3.63) is 83.3 Å². The number of carboxylic acids is 1. The van der Waals surface area contributed by atoms with Crippen LogP contribution in [0, 0.1) is 0 Å². The first-order valence-electron chi connectivity index (χ1n) is 10.3. The summed E-state index contributed by atoms with van der Waals surface area (Å²) < 4.78 is 2.00. The van der Waals surface area contributed by atoms with Gasteiger partial charge in [-0.25, -0.2) is 4.79 Å². The maximum absolute atomic E-state index is 11.6. The van der Waals surface area contributed by atoms with Crippen molar-refractivity contribution in [1.82, 2.24) is 14.8 Å². The van der Waals surface area contributed by atoms with E-state index < -0.39 is 5.97 Å². The number of benzene rings is 2. The summed E-state index contributed by atoms with van der Waals surface area (Å²) in [7, 11) is 2.05. The minimum atomic E-state index is -0.921. The second kappa shape index (κ2) is 7.40. The number of pyridine rings is 1. The van der Waals surface area contributed by atoms with Crippen LogP contribution in [0.1, 0.15) is 34.2 Å². The van der Waals surface area contributed by atoms with E-state index in [1.807, 2.05) is 36.0 Å². The van der Waals surface area contributed by atoms with E-state index in [9.17, 15) is 9.90 Å². The molecule has 0 spiro atoms. The maximum Gasteiger partial charge on any atom is 0.336 e. The van der Waals surface area contributed by atoms with Crippen molar-refractivity contribution in [1.29, 1.82) is 0 Å². The Morgan fingerprint density at radius 3 is 2.68 bits per heavy atom. The predicted molar refractivity (Wildman–Crippen MR) is 123 cm³/mol. The number of para-hydroxylation sites is 1. The molecule has 31 heavy (non-hydrogen) atoms. The highest BCUT2D eigenvalue weighted by Crippen LogP contribution is 2.37. The van der Waals surface area contributed by atoms with Gasteiger partial charge in [-0.3, -0.25) is 9.67 Å². The van der Waals surface area contributed by atoms with Crippen LogP contribution in [-0.2, 0) is 13.0 Å². The Morgan fingerprint density at radius 1 is 1.13 bits per heavy atom. The molecule has 0 aliphatic heterocycles. The molecule has 0 saturated heterocycles. The fourth-order valence-electron chi connectivity index (χ4n) is 4.28. The smallest absolute Gasteiger partial charge is 0.336 e. The summed E-state index contributed by atoms with van der Waals surface area (Å²) >= 11 is 0. The molecular formula is C25H22N4O2. The number of anilines is 2. The number of rotatable bonds is 5. The molecule has 0 unspecified atom stereocenters. The number of aromatic carboxylic acids is 1. The number of aryl methyl sites for hydroxylation is 1. The van der Waals surface area contributed by atoms with Gasteiger partial charge in [-0.15, -0.1) is 0 Å². The van der Waals surface area contributed by atoms with Crippen molar-refractivity contribution in [2.24, 2.45) is 0 Å². The molecule has 1 N–H and O–H groups in total. The van der Waals surface area contributed by atoms with Crippen molar-refractivity contribution >= 4 is 39.9 Å². The number of allylic oxidation sites excluding steroid dienone is 1. The predicted octanol–water partition coefficient (Wildman–Crippen LogP) is 5.01. The van der Waals surface area contributed by atoms with Crippen molar-refractivity contribution in [3.8, 4) is 0 Å². The largest absolute Gasteiger partial charge is 0.478 e. The second-order valence-corrected chi connectivity index (χ2v) is 7.63. The highest BCUT2D eigenvalue weighted by molar-refractivity contribution is 6.01. The van der Waals surface area contributed by atoms with E-state index in [1.54, 1.807) is 12.3 Å². The number of fused-ring (bicyclic) bond motifs is 2. The molecule has 0 fully saturated rings. The Hall–Kier alpha value is -3.93. The zero-order valence-electron chi connectivity index (χ0n) is 17.4. The third-order valence-electron chi connectivity index (χ3n) is 5.86. The van der Waals surface area contributed by atoms with Gasteiger partial charge in [0.05, 0.1) is 22.5 Å². The third-order valence-corrected chi connectivity index (χ3v) is 5.86. The van der Waals surface area contributed by atoms with Crippen molar-refractivity contribution < 1.29 is 9.90 Å². The SMILES string of the molecule is CCn1nc2cc(N(C)c3ccccc3)ccc2c1C1=Cc2nccc(C(=O)O)c2C1. The van der Waals surface area contributed by atoms with Gasteiger partial charge in [0.15, 0.2) is 0 Å². The molecule has 0 radical (unpaired) electrons. The molecule has 1 aliphatic carbocycles. The lowest BCUT2D eigenvalue weighted by atomic mass is 10.0. The van der Waals surface area contributed by atoms with Gasteiger partial charge in [-0.2, -0.15) is 5.10 Å². The minimum absolute atomic E-state index is 0.315. The summed E-state index contributed by atoms with van der Waals surface area (Å²) in [5.74, 6) is -0.921. The lowest BCUT2D eigenvalue weighted by Gasteiger charge is -2.19. The molecule has 154 valence electrons. The minimum Gasteiger partial charge on any atom is -0.478 e. The molecule has 5 rings (SSSR count). The summed E-state index contributed by atoms with van der Waals surface area (Å²) in [6.45, 7) is 2.79. The van der Waals surface area contributed by atoms with Crippen LogP contribution in [-0.4, -0.2) is 32.9 Å². The number of carbonyl (C=O) groups is 1. The number of carboxylic acid groups (broad SMARTS) is 1. The van der Waals surface area contributed by atoms with Gasteiger partial charge in [0, 0.05) is 43.0 Å². The van der Waals surface area contributed by atoms with Gasteiger partial charge < -0.3 is 10.0 Å². The molecular weight excluding hydrogens is 388 g/mol. The monoisotopic (exact) mass is 410 g/mol. The van der Waals surface area contributed by atoms with Gasteiger partial charge in [-0.1, -0.05) is 18.2 Å². The van der Waals surface area contributed by atoms with E-state index in [2.05, 4.69) is 47.1 Å². The summed E-state index contributed by atoms with van der Waals surface area (Å²) in [6.07, 6.45) is 4.09. The Morgan fingerprint density at radius 2 is 1.94 bits per heavy atom. The van der Waals surface area contributed by atoms with Gasteiger partial charge in [0.1, 0.15) is 0 Å². The van der Waals surface area contributed by atoms with Crippen LogP contribution in [0.25, 0.3) is 22.6 Å². The molecule has 6 heteroatoms. The van der Waals surface area contributed by atoms with Crippen LogP contribution < -0.4 is 4.90 Å². The summed E-state index contributed by atoms with van der Waals surface area (Å²) in [5, 5.41) is 15.4. The highest BCUT2D eigenvalue weighted by atomic mass is 16.4. The number of nitrogens with zero attached hydrogens (tertiary/aromatic N) is 4. The van der Waals surface area contributed by atoms with E-state index in [-0.39, 0.29) is 0 Å². The van der Waals surface area contributed by atoms with Crippen LogP contribution in [0.4, 0.5) is 11.4 Å². The average Bonchev–Trinajstić information content (AvgIpc) is 3.38. The topological polar surface area (TPSA) is 71.2 Å². The first-order chi connectivity index (χ1) is 15.1. The standard InChI is InChI=1S/C25H22N4O2/c1-3-29-24(16-13-21-19(25(30)31)11-12-26-22(21)14-16)20-10-9-18(15-23(20)27-29)28(2)17-7-5-4-6-8-17/h4-12,14-15H,3,13H2,1-2H3,(H,30,31). The van der Waals surface area contributed by atoms with Crippen molar-refractivity contribution in [2.75, 3.05) is 11.9 Å². The van der Waals surface area contributed by atoms with Gasteiger partial charge in [0.2, 0.25) is 0 Å². The second-order valence-electron chi connectivity index (χ2n) is 7.63. The lowest BCUT2D eigenvalue weighted by Crippen LogP contribution is -2.08. The van der Waals surface area contributed by atoms with E-state index in [1.165, 1.54) is 0 Å². The van der Waals surface area contributed by atoms with Crippen LogP contribution in [0.3, 0.4) is 0 Å². The summed E-state index contributed by atoms with van der Waals surface area (Å²) in [4.78, 5) is 18.2. The van der Waals surface area contributed by atoms with Crippen LogP contribution in [0.2, 0.25) is 0 Å². The van der Waals surface area contributed by atoms with Crippen LogP contribution in [0.15, 0.2) is 60.8 Å². The van der Waals surface area contributed by atoms with Gasteiger partial charge in [0.25, 0.3) is 0 Å². The highest BCUT2D eigenvalue weighted by Gasteiger charge is 2.25. The first kappa shape index (κ1) is 19.1. The molecule has 0 atom stereocenters. The number of hydrogen-bond acceptors (Lipinski definition) is 4. The van der Waals surface area contributed by atoms with Crippen LogP contribution in [0.5, 0.6) is 0 Å². The fraction of sp³-hybridized carbons (Fsp3) is 0.160. The van der Waals surface area contributed by atoms with Gasteiger partial charge >= 0.3 is 5.97 Å². The van der Waals surface area contributed by atoms with Crippen molar-refractivity contribution in [3.63, 3.8) is 0 Å². The fourth-order valence-corrected chi connectivity index (χ4v) is 4.28. The molecule has 6 nitrogen and oxygen atoms in total. The normalized spacial score (nSPS) is 12.6. The van der Waals surface area contributed by atoms with Gasteiger partial charge in [-0.05, 0) is 60.5 Å². The maximum atomic E-state index is 11.6. The quantitative estimate of drug-likeness (QED) is 0.501. The molecule has 0 saturated carbocycles. The van der Waals surface area contributed by atoms with Crippen molar-refractivity contribution in [2.45, 2.75) is 19.9 Å². The molecule has 0 amide bonds. The zero-order valence-corrected chi connectivity index (χ0v) is 17.4. The molecule has 2 aromatic carbocycles. The van der Waals surface area contributed by atoms with Crippen LogP contribution >= 0.6 is 0 Å². The first-order valence-corrected chi connectivity index (χ1v) is 10.3. The molecule has 1 aliphatic rings. The summed E-state index contributed by atoms with van der Waals surface area (Å²) in [6, 6.07) is 18.1. The van der Waals surface area contributed by atoms with E-state index >= 15 is 0 Å². The van der Waals surface area contributed by atoms with E-state index in [0.29, 0.717) is 12.0 Å². The Bertz CT molecular complexity index is 1340. The molecule has 0 bridgehead atoms. The lowest BCUT2D eigenvalue weighted by molar-refractivity contribution is 0.0695. The Kier molecular flexibility index (Phi) is 4.55. The average molecular weight is 410 g/mol.